The van der Waals surface area contributed by atoms with Crippen LogP contribution in [0.2, 0.25) is 0 Å². The first kappa shape index (κ1) is 18.5. The van der Waals surface area contributed by atoms with Gasteiger partial charge in [-0.2, -0.15) is 11.8 Å². The average Bonchev–Trinajstić information content (AvgIpc) is 3.15. The van der Waals surface area contributed by atoms with Crippen molar-refractivity contribution in [2.75, 3.05) is 31.1 Å². The van der Waals surface area contributed by atoms with Crippen LogP contribution in [0.25, 0.3) is 0 Å². The van der Waals surface area contributed by atoms with Gasteiger partial charge in [-0.1, -0.05) is 0 Å². The molecule has 0 aromatic carbocycles. The van der Waals surface area contributed by atoms with Gasteiger partial charge in [0.05, 0.1) is 6.54 Å². The standard InChI is InChI=1S/C17H25NO6S/c1-17(4-2-3-5-17)24-16(21)13-10-12(15(20)23-13)22-14(19)11-18-6-8-25-9-7-18/h12-13H,2-11H2,1H3. The number of hydrogen-bond acceptors (Lipinski definition) is 8. The zero-order chi connectivity index (χ0) is 17.9. The fourth-order valence-corrected chi connectivity index (χ4v) is 4.45. The van der Waals surface area contributed by atoms with Gasteiger partial charge >= 0.3 is 17.9 Å². The van der Waals surface area contributed by atoms with Crippen molar-refractivity contribution in [1.82, 2.24) is 4.90 Å². The fourth-order valence-electron chi connectivity index (χ4n) is 3.47. The second-order valence-electron chi connectivity index (χ2n) is 7.11. The Kier molecular flexibility index (Phi) is 5.89. The number of nitrogens with zero attached hydrogens (tertiary/aromatic N) is 1. The van der Waals surface area contributed by atoms with E-state index in [0.29, 0.717) is 0 Å². The molecule has 1 aliphatic carbocycles. The Morgan fingerprint density at radius 2 is 1.96 bits per heavy atom. The number of esters is 3. The highest BCUT2D eigenvalue weighted by Gasteiger charge is 2.44. The summed E-state index contributed by atoms with van der Waals surface area (Å²) in [5, 5.41) is 0. The van der Waals surface area contributed by atoms with Gasteiger partial charge in [-0.05, 0) is 32.6 Å². The van der Waals surface area contributed by atoms with E-state index in [-0.39, 0.29) is 13.0 Å². The summed E-state index contributed by atoms with van der Waals surface area (Å²) >= 11 is 1.86. The maximum absolute atomic E-state index is 12.2. The third-order valence-corrected chi connectivity index (χ3v) is 5.89. The second-order valence-corrected chi connectivity index (χ2v) is 8.33. The Labute approximate surface area is 151 Å². The summed E-state index contributed by atoms with van der Waals surface area (Å²) in [7, 11) is 0. The molecule has 3 aliphatic rings. The van der Waals surface area contributed by atoms with Crippen LogP contribution < -0.4 is 0 Å². The highest BCUT2D eigenvalue weighted by molar-refractivity contribution is 7.99. The number of thioether (sulfide) groups is 1. The predicted octanol–water partition coefficient (Wildman–Crippen LogP) is 1.14. The topological polar surface area (TPSA) is 82.1 Å². The van der Waals surface area contributed by atoms with Gasteiger partial charge in [-0.3, -0.25) is 9.69 Å². The number of carbonyl (C=O) groups is 3. The van der Waals surface area contributed by atoms with E-state index in [0.717, 1.165) is 50.3 Å². The Hall–Kier alpha value is -1.28. The van der Waals surface area contributed by atoms with Crippen LogP contribution in [-0.4, -0.2) is 71.8 Å². The molecule has 0 amide bonds. The summed E-state index contributed by atoms with van der Waals surface area (Å²) in [6, 6.07) is 0. The normalized spacial score (nSPS) is 29.2. The molecule has 0 N–H and O–H groups in total. The van der Waals surface area contributed by atoms with E-state index in [1.165, 1.54) is 0 Å². The van der Waals surface area contributed by atoms with E-state index in [9.17, 15) is 14.4 Å². The highest BCUT2D eigenvalue weighted by atomic mass is 32.2. The summed E-state index contributed by atoms with van der Waals surface area (Å²) in [4.78, 5) is 38.2. The zero-order valence-electron chi connectivity index (χ0n) is 14.5. The molecule has 140 valence electrons. The summed E-state index contributed by atoms with van der Waals surface area (Å²) < 4.78 is 15.8. The van der Waals surface area contributed by atoms with E-state index < -0.39 is 35.7 Å². The molecule has 0 radical (unpaired) electrons. The van der Waals surface area contributed by atoms with Crippen molar-refractivity contribution in [2.45, 2.75) is 56.8 Å². The van der Waals surface area contributed by atoms with Gasteiger partial charge in [0, 0.05) is 31.0 Å². The molecular weight excluding hydrogens is 346 g/mol. The number of ether oxygens (including phenoxy) is 3. The second kappa shape index (κ2) is 7.95. The van der Waals surface area contributed by atoms with Crippen molar-refractivity contribution in [2.24, 2.45) is 0 Å². The molecule has 2 saturated heterocycles. The lowest BCUT2D eigenvalue weighted by molar-refractivity contribution is -0.173. The lowest BCUT2D eigenvalue weighted by Crippen LogP contribution is -2.39. The molecular formula is C17H25NO6S. The van der Waals surface area contributed by atoms with Crippen LogP contribution in [0.15, 0.2) is 0 Å². The van der Waals surface area contributed by atoms with Crippen LogP contribution in [0.3, 0.4) is 0 Å². The molecule has 2 unspecified atom stereocenters. The summed E-state index contributed by atoms with van der Waals surface area (Å²) in [5.74, 6) is 0.327. The smallest absolute Gasteiger partial charge is 0.348 e. The summed E-state index contributed by atoms with van der Waals surface area (Å²) in [6.45, 7) is 3.74. The van der Waals surface area contributed by atoms with E-state index in [1.54, 1.807) is 0 Å². The number of hydrogen-bond donors (Lipinski definition) is 0. The van der Waals surface area contributed by atoms with Crippen molar-refractivity contribution in [3.63, 3.8) is 0 Å². The van der Waals surface area contributed by atoms with Crippen molar-refractivity contribution in [3.05, 3.63) is 0 Å². The van der Waals surface area contributed by atoms with Crippen molar-refractivity contribution in [3.8, 4) is 0 Å². The van der Waals surface area contributed by atoms with Crippen molar-refractivity contribution < 1.29 is 28.6 Å². The molecule has 0 spiro atoms. The van der Waals surface area contributed by atoms with E-state index in [2.05, 4.69) is 0 Å². The van der Waals surface area contributed by atoms with Crippen LogP contribution in [0.5, 0.6) is 0 Å². The summed E-state index contributed by atoms with van der Waals surface area (Å²) in [5.41, 5.74) is -0.468. The lowest BCUT2D eigenvalue weighted by Gasteiger charge is -2.25. The van der Waals surface area contributed by atoms with Gasteiger partial charge in [0.1, 0.15) is 5.60 Å². The Morgan fingerprint density at radius 3 is 2.64 bits per heavy atom. The quantitative estimate of drug-likeness (QED) is 0.526. The molecule has 0 aromatic heterocycles. The minimum atomic E-state index is -1.01. The number of cyclic esters (lactones) is 1. The Morgan fingerprint density at radius 1 is 1.28 bits per heavy atom. The Balaban J connectivity index is 1.46. The maximum atomic E-state index is 12.2. The van der Waals surface area contributed by atoms with Crippen molar-refractivity contribution in [1.29, 1.82) is 0 Å². The van der Waals surface area contributed by atoms with Gasteiger partial charge < -0.3 is 14.2 Å². The molecule has 0 bridgehead atoms. The first-order chi connectivity index (χ1) is 12.0. The van der Waals surface area contributed by atoms with Gasteiger partial charge in [-0.25, -0.2) is 9.59 Å². The van der Waals surface area contributed by atoms with E-state index in [1.807, 2.05) is 23.6 Å². The van der Waals surface area contributed by atoms with Crippen LogP contribution >= 0.6 is 11.8 Å². The molecule has 3 fully saturated rings. The minimum Gasteiger partial charge on any atom is -0.457 e. The van der Waals surface area contributed by atoms with Gasteiger partial charge in [0.15, 0.2) is 0 Å². The molecule has 1 saturated carbocycles. The van der Waals surface area contributed by atoms with Gasteiger partial charge in [0.25, 0.3) is 0 Å². The molecule has 25 heavy (non-hydrogen) atoms. The predicted molar refractivity (Wildman–Crippen MR) is 91.1 cm³/mol. The SMILES string of the molecule is CC1(OC(=O)C2CC(OC(=O)CN3CCSCC3)C(=O)O2)CCCC1. The zero-order valence-corrected chi connectivity index (χ0v) is 15.3. The highest BCUT2D eigenvalue weighted by Crippen LogP contribution is 2.34. The maximum Gasteiger partial charge on any atom is 0.348 e. The summed E-state index contributed by atoms with van der Waals surface area (Å²) in [6.07, 6.45) is 1.76. The number of rotatable bonds is 5. The first-order valence-electron chi connectivity index (χ1n) is 8.88. The van der Waals surface area contributed by atoms with Crippen LogP contribution in [0, 0.1) is 0 Å². The average molecular weight is 371 g/mol. The third kappa shape index (κ3) is 4.88. The van der Waals surface area contributed by atoms with Gasteiger partial charge in [0.2, 0.25) is 12.2 Å². The van der Waals surface area contributed by atoms with Crippen LogP contribution in [-0.2, 0) is 28.6 Å². The van der Waals surface area contributed by atoms with E-state index in [4.69, 9.17) is 14.2 Å². The van der Waals surface area contributed by atoms with Crippen molar-refractivity contribution >= 4 is 29.7 Å². The molecule has 2 atom stereocenters. The largest absolute Gasteiger partial charge is 0.457 e. The van der Waals surface area contributed by atoms with E-state index >= 15 is 0 Å². The third-order valence-electron chi connectivity index (χ3n) is 4.95. The Bertz CT molecular complexity index is 527. The minimum absolute atomic E-state index is 0.0370. The van der Waals surface area contributed by atoms with Gasteiger partial charge in [-0.15, -0.1) is 0 Å². The molecule has 2 aliphatic heterocycles. The lowest BCUT2D eigenvalue weighted by atomic mass is 10.1. The monoisotopic (exact) mass is 371 g/mol. The molecule has 8 heteroatoms. The fraction of sp³-hybridized carbons (Fsp3) is 0.824. The molecule has 2 heterocycles. The molecule has 0 aromatic rings. The van der Waals surface area contributed by atoms with Crippen LogP contribution in [0.1, 0.15) is 39.0 Å². The first-order valence-corrected chi connectivity index (χ1v) is 10.0. The van der Waals surface area contributed by atoms with Crippen LogP contribution in [0.4, 0.5) is 0 Å². The molecule has 3 rings (SSSR count). The molecule has 7 nitrogen and oxygen atoms in total. The number of carbonyl (C=O) groups excluding carboxylic acids is 3.